The van der Waals surface area contributed by atoms with Gasteiger partial charge in [-0.15, -0.1) is 35.9 Å². The zero-order chi connectivity index (χ0) is 36.4. The summed E-state index contributed by atoms with van der Waals surface area (Å²) in [5.74, 6) is 0.811. The van der Waals surface area contributed by atoms with Crippen LogP contribution in [0, 0.1) is 26.1 Å². The zero-order valence-electron chi connectivity index (χ0n) is 30.7. The Bertz CT molecular complexity index is 2600. The van der Waals surface area contributed by atoms with E-state index in [-0.39, 0.29) is 25.7 Å². The first-order chi connectivity index (χ1) is 25.8. The van der Waals surface area contributed by atoms with E-state index in [1.165, 1.54) is 11.8 Å². The van der Waals surface area contributed by atoms with Crippen LogP contribution in [-0.4, -0.2) is 14.5 Å². The molecule has 0 atom stereocenters. The normalized spacial score (nSPS) is 11.9. The molecule has 3 aromatic heterocycles. The molecule has 0 aliphatic rings. The molecular formula is C46H33IrN3O-2. The van der Waals surface area contributed by atoms with Gasteiger partial charge in [-0.05, 0) is 48.3 Å². The van der Waals surface area contributed by atoms with Crippen molar-refractivity contribution in [3.8, 4) is 50.6 Å². The second-order valence-corrected chi connectivity index (χ2v) is 12.0. The molecule has 0 fully saturated rings. The monoisotopic (exact) mass is 839 g/mol. The number of imidazole rings is 1. The van der Waals surface area contributed by atoms with Crippen LogP contribution in [0.1, 0.15) is 15.2 Å². The van der Waals surface area contributed by atoms with Crippen molar-refractivity contribution in [1.82, 2.24) is 14.5 Å². The summed E-state index contributed by atoms with van der Waals surface area (Å²) in [6.45, 7) is 0.00331. The molecule has 0 aliphatic heterocycles. The SMILES string of the molecule is Cc1ccc2o[c-]c(-c3nc4ccccc4n3-c3c(-c4ccccc4)cccc3-c3ccccc3)c2c1.[2H]C([2H])([2H])c1ccc(-c2[c-]cccc2)nc1.[Ir]. The topological polar surface area (TPSA) is 43.9 Å². The third-order valence-corrected chi connectivity index (χ3v) is 8.63. The summed E-state index contributed by atoms with van der Waals surface area (Å²) in [6.07, 6.45) is 4.58. The number of hydrogen-bond acceptors (Lipinski definition) is 3. The number of pyridine rings is 1. The number of benzene rings is 6. The third kappa shape index (κ3) is 6.82. The van der Waals surface area contributed by atoms with Gasteiger partial charge in [-0.2, -0.15) is 0 Å². The summed E-state index contributed by atoms with van der Waals surface area (Å²) in [5.41, 5.74) is 12.3. The molecule has 249 valence electrons. The standard InChI is InChI=1S/C34H23N2O.C12H10N.Ir/c1-23-19-20-32-28(21-23)29(22-37-32)34-35-30-17-8-9-18-31(30)36(34)33-26(24-11-4-2-5-12-24)15-10-16-27(33)25-13-6-3-7-14-25;1-10-7-8-12(13-9-10)11-5-3-2-4-6-11;/h2-21H,1H3;2-5,7-9H,1H3;/q2*-1;/i;1D3;. The Morgan fingerprint density at radius 2 is 1.37 bits per heavy atom. The molecule has 5 heteroatoms. The van der Waals surface area contributed by atoms with Crippen LogP contribution >= 0.6 is 0 Å². The maximum Gasteiger partial charge on any atom is 0.0774 e. The smallest absolute Gasteiger partial charge is 0.0774 e. The number of aromatic nitrogens is 3. The first-order valence-corrected chi connectivity index (χ1v) is 16.4. The molecular weight excluding hydrogens is 803 g/mol. The molecule has 6 aromatic carbocycles. The van der Waals surface area contributed by atoms with Crippen molar-refractivity contribution in [2.45, 2.75) is 13.8 Å². The average molecular weight is 839 g/mol. The Hall–Kier alpha value is -5.87. The molecule has 1 radical (unpaired) electrons. The van der Waals surface area contributed by atoms with Crippen molar-refractivity contribution in [1.29, 1.82) is 0 Å². The Morgan fingerprint density at radius 3 is 2.04 bits per heavy atom. The van der Waals surface area contributed by atoms with Crippen molar-refractivity contribution in [2.24, 2.45) is 0 Å². The Morgan fingerprint density at radius 1 is 0.686 bits per heavy atom. The van der Waals surface area contributed by atoms with Crippen molar-refractivity contribution in [2.75, 3.05) is 0 Å². The molecule has 0 amide bonds. The van der Waals surface area contributed by atoms with E-state index in [4.69, 9.17) is 13.5 Å². The predicted molar refractivity (Wildman–Crippen MR) is 204 cm³/mol. The molecule has 0 saturated carbocycles. The quantitative estimate of drug-likeness (QED) is 0.162. The number of aryl methyl sites for hydroxylation is 2. The van der Waals surface area contributed by atoms with Crippen LogP contribution < -0.4 is 0 Å². The van der Waals surface area contributed by atoms with Crippen LogP contribution in [0.25, 0.3) is 72.6 Å². The van der Waals surface area contributed by atoms with E-state index in [1.807, 2.05) is 30.3 Å². The number of para-hydroxylation sites is 3. The van der Waals surface area contributed by atoms with Crippen LogP contribution in [0.2, 0.25) is 0 Å². The predicted octanol–water partition coefficient (Wildman–Crippen LogP) is 11.7. The minimum Gasteiger partial charge on any atom is -0.557 e. The van der Waals surface area contributed by atoms with Crippen molar-refractivity contribution in [3.05, 3.63) is 187 Å². The average Bonchev–Trinajstić information content (AvgIpc) is 3.79. The second-order valence-electron chi connectivity index (χ2n) is 12.0. The Balaban J connectivity index is 0.000000223. The van der Waals surface area contributed by atoms with Crippen LogP contribution in [0.5, 0.6) is 0 Å². The first kappa shape index (κ1) is 30.0. The van der Waals surface area contributed by atoms with Gasteiger partial charge in [0, 0.05) is 53.4 Å². The second kappa shape index (κ2) is 14.9. The first-order valence-electron chi connectivity index (χ1n) is 17.9. The minimum absolute atomic E-state index is 0. The molecule has 4 nitrogen and oxygen atoms in total. The fourth-order valence-corrected chi connectivity index (χ4v) is 6.27. The molecule has 9 aromatic rings. The fraction of sp³-hybridized carbons (Fsp3) is 0.0435. The number of nitrogens with zero attached hydrogens (tertiary/aromatic N) is 3. The van der Waals surface area contributed by atoms with Crippen LogP contribution in [0.15, 0.2) is 168 Å². The summed E-state index contributed by atoms with van der Waals surface area (Å²) in [7, 11) is 0. The van der Waals surface area contributed by atoms with Crippen molar-refractivity contribution >= 4 is 22.0 Å². The number of rotatable bonds is 5. The molecule has 51 heavy (non-hydrogen) atoms. The minimum atomic E-state index is -2.09. The summed E-state index contributed by atoms with van der Waals surface area (Å²) in [6, 6.07) is 55.9. The third-order valence-electron chi connectivity index (χ3n) is 8.63. The number of furan rings is 1. The molecule has 0 saturated heterocycles. The van der Waals surface area contributed by atoms with Crippen LogP contribution in [0.4, 0.5) is 0 Å². The van der Waals surface area contributed by atoms with E-state index in [1.54, 1.807) is 18.2 Å². The molecule has 0 aliphatic carbocycles. The van der Waals surface area contributed by atoms with Gasteiger partial charge in [0.1, 0.15) is 0 Å². The molecule has 0 spiro atoms. The van der Waals surface area contributed by atoms with Gasteiger partial charge in [-0.3, -0.25) is 4.98 Å². The largest absolute Gasteiger partial charge is 0.557 e. The van der Waals surface area contributed by atoms with Gasteiger partial charge in [0.05, 0.1) is 22.5 Å². The molecule has 0 bridgehead atoms. The van der Waals surface area contributed by atoms with E-state index in [0.29, 0.717) is 0 Å². The van der Waals surface area contributed by atoms with E-state index < -0.39 is 6.85 Å². The van der Waals surface area contributed by atoms with Gasteiger partial charge < -0.3 is 14.0 Å². The Labute approximate surface area is 315 Å². The maximum absolute atomic E-state index is 7.23. The van der Waals surface area contributed by atoms with Crippen molar-refractivity contribution < 1.29 is 28.6 Å². The summed E-state index contributed by atoms with van der Waals surface area (Å²) >= 11 is 0. The number of fused-ring (bicyclic) bond motifs is 2. The van der Waals surface area contributed by atoms with Crippen molar-refractivity contribution in [3.63, 3.8) is 0 Å². The van der Waals surface area contributed by atoms with Gasteiger partial charge in [0.25, 0.3) is 0 Å². The molecule has 0 unspecified atom stereocenters. The zero-order valence-corrected chi connectivity index (χ0v) is 30.1. The Kier molecular flexibility index (Phi) is 8.79. The van der Waals surface area contributed by atoms with Crippen LogP contribution in [0.3, 0.4) is 0 Å². The molecule has 0 N–H and O–H groups in total. The van der Waals surface area contributed by atoms with E-state index in [2.05, 4.69) is 138 Å². The van der Waals surface area contributed by atoms with Gasteiger partial charge in [-0.1, -0.05) is 138 Å². The van der Waals surface area contributed by atoms with E-state index >= 15 is 0 Å². The summed E-state index contributed by atoms with van der Waals surface area (Å²) in [5, 5.41) is 1.01. The number of hydrogen-bond donors (Lipinski definition) is 0. The van der Waals surface area contributed by atoms with Gasteiger partial charge in [0.2, 0.25) is 0 Å². The summed E-state index contributed by atoms with van der Waals surface area (Å²) < 4.78 is 29.9. The van der Waals surface area contributed by atoms with E-state index in [0.717, 1.165) is 72.6 Å². The van der Waals surface area contributed by atoms with Crippen LogP contribution in [-0.2, 0) is 20.1 Å². The van der Waals surface area contributed by atoms with Gasteiger partial charge >= 0.3 is 0 Å². The van der Waals surface area contributed by atoms with Gasteiger partial charge in [0.15, 0.2) is 0 Å². The maximum atomic E-state index is 7.23. The molecule has 3 heterocycles. The molecule has 9 rings (SSSR count). The van der Waals surface area contributed by atoms with Gasteiger partial charge in [-0.25, -0.2) is 0 Å². The fourth-order valence-electron chi connectivity index (χ4n) is 6.27. The summed E-state index contributed by atoms with van der Waals surface area (Å²) in [4.78, 5) is 9.28. The van der Waals surface area contributed by atoms with E-state index in [9.17, 15) is 0 Å².